The van der Waals surface area contributed by atoms with Crippen LogP contribution in [0.5, 0.6) is 0 Å². The number of aromatic carboxylic acids is 1. The zero-order valence-corrected chi connectivity index (χ0v) is 10.8. The number of allylic oxidation sites excluding steroid dienone is 1. The van der Waals surface area contributed by atoms with Crippen molar-refractivity contribution >= 4 is 22.6 Å². The van der Waals surface area contributed by atoms with E-state index < -0.39 is 5.97 Å². The summed E-state index contributed by atoms with van der Waals surface area (Å²) in [7, 11) is 0. The second kappa shape index (κ2) is 6.00. The highest BCUT2D eigenvalue weighted by Gasteiger charge is 2.10. The molecule has 0 unspecified atom stereocenters. The predicted octanol–water partition coefficient (Wildman–Crippen LogP) is 3.31. The maximum Gasteiger partial charge on any atom is 0.354 e. The Morgan fingerprint density at radius 1 is 1.42 bits per heavy atom. The number of hydrogen-bond donors (Lipinski definition) is 2. The summed E-state index contributed by atoms with van der Waals surface area (Å²) in [4.78, 5) is 15.2. The van der Waals surface area contributed by atoms with Crippen LogP contribution in [0.15, 0.2) is 42.5 Å². The van der Waals surface area contributed by atoms with E-state index in [2.05, 4.69) is 16.4 Å². The Bertz CT molecular complexity index is 621. The molecule has 0 aliphatic heterocycles. The van der Waals surface area contributed by atoms with Crippen LogP contribution in [-0.2, 0) is 0 Å². The number of benzene rings is 1. The number of hydrogen-bond acceptors (Lipinski definition) is 3. The molecule has 0 amide bonds. The van der Waals surface area contributed by atoms with Gasteiger partial charge in [0.2, 0.25) is 0 Å². The average molecular weight is 256 g/mol. The van der Waals surface area contributed by atoms with Crippen LogP contribution >= 0.6 is 0 Å². The number of anilines is 1. The maximum atomic E-state index is 11.1. The summed E-state index contributed by atoms with van der Waals surface area (Å²) in [6, 6.07) is 9.22. The number of rotatable bonds is 5. The molecular weight excluding hydrogens is 240 g/mol. The Morgan fingerprint density at radius 2 is 2.21 bits per heavy atom. The van der Waals surface area contributed by atoms with Crippen molar-refractivity contribution in [3.8, 4) is 0 Å². The SMILES string of the molecule is C/C=C/CCNc1nc(C(=O)O)cc2ccccc12. The Kier molecular flexibility index (Phi) is 4.13. The van der Waals surface area contributed by atoms with Gasteiger partial charge in [0, 0.05) is 11.9 Å². The van der Waals surface area contributed by atoms with Crippen molar-refractivity contribution in [1.29, 1.82) is 0 Å². The van der Waals surface area contributed by atoms with Crippen molar-refractivity contribution in [2.45, 2.75) is 13.3 Å². The second-order valence-corrected chi connectivity index (χ2v) is 4.17. The summed E-state index contributed by atoms with van der Waals surface area (Å²) in [5.74, 6) is -0.387. The third-order valence-electron chi connectivity index (χ3n) is 2.80. The van der Waals surface area contributed by atoms with Crippen LogP contribution < -0.4 is 5.32 Å². The molecule has 98 valence electrons. The molecule has 19 heavy (non-hydrogen) atoms. The molecule has 1 heterocycles. The first-order chi connectivity index (χ1) is 9.22. The van der Waals surface area contributed by atoms with Gasteiger partial charge >= 0.3 is 5.97 Å². The summed E-state index contributed by atoms with van der Waals surface area (Å²) in [5, 5.41) is 14.1. The molecule has 0 fully saturated rings. The molecule has 2 rings (SSSR count). The number of carboxylic acid groups (broad SMARTS) is 1. The molecule has 0 atom stereocenters. The molecule has 1 aromatic heterocycles. The lowest BCUT2D eigenvalue weighted by atomic mass is 10.1. The van der Waals surface area contributed by atoms with Crippen LogP contribution in [-0.4, -0.2) is 22.6 Å². The Morgan fingerprint density at radius 3 is 2.95 bits per heavy atom. The Labute approximate surface area is 111 Å². The summed E-state index contributed by atoms with van der Waals surface area (Å²) in [6.07, 6.45) is 4.92. The molecule has 0 saturated heterocycles. The fraction of sp³-hybridized carbons (Fsp3) is 0.200. The van der Waals surface area contributed by atoms with Gasteiger partial charge in [0.15, 0.2) is 5.69 Å². The molecule has 0 bridgehead atoms. The highest BCUT2D eigenvalue weighted by Crippen LogP contribution is 2.22. The number of fused-ring (bicyclic) bond motifs is 1. The normalized spacial score (nSPS) is 11.0. The van der Waals surface area contributed by atoms with Crippen molar-refractivity contribution in [1.82, 2.24) is 4.98 Å². The van der Waals surface area contributed by atoms with Gasteiger partial charge in [-0.3, -0.25) is 0 Å². The number of pyridine rings is 1. The third kappa shape index (κ3) is 3.10. The fourth-order valence-electron chi connectivity index (χ4n) is 1.88. The predicted molar refractivity (Wildman–Crippen MR) is 76.6 cm³/mol. The van der Waals surface area contributed by atoms with E-state index in [-0.39, 0.29) is 5.69 Å². The fourth-order valence-corrected chi connectivity index (χ4v) is 1.88. The first-order valence-corrected chi connectivity index (χ1v) is 6.20. The second-order valence-electron chi connectivity index (χ2n) is 4.17. The Balaban J connectivity index is 2.36. The monoisotopic (exact) mass is 256 g/mol. The summed E-state index contributed by atoms with van der Waals surface area (Å²) in [6.45, 7) is 2.70. The molecule has 4 nitrogen and oxygen atoms in total. The summed E-state index contributed by atoms with van der Waals surface area (Å²) in [5.41, 5.74) is 0.0623. The van der Waals surface area contributed by atoms with Crippen molar-refractivity contribution in [2.75, 3.05) is 11.9 Å². The van der Waals surface area contributed by atoms with Gasteiger partial charge < -0.3 is 10.4 Å². The topological polar surface area (TPSA) is 62.2 Å². The van der Waals surface area contributed by atoms with E-state index in [4.69, 9.17) is 5.11 Å². The van der Waals surface area contributed by atoms with Crippen molar-refractivity contribution in [3.05, 3.63) is 48.2 Å². The van der Waals surface area contributed by atoms with Gasteiger partial charge in [-0.1, -0.05) is 36.4 Å². The average Bonchev–Trinajstić information content (AvgIpc) is 2.43. The lowest BCUT2D eigenvalue weighted by Gasteiger charge is -2.09. The molecule has 1 aromatic carbocycles. The van der Waals surface area contributed by atoms with Crippen molar-refractivity contribution in [2.24, 2.45) is 0 Å². The molecule has 0 aliphatic rings. The lowest BCUT2D eigenvalue weighted by molar-refractivity contribution is 0.0691. The zero-order chi connectivity index (χ0) is 13.7. The molecule has 0 spiro atoms. The largest absolute Gasteiger partial charge is 0.477 e. The van der Waals surface area contributed by atoms with Gasteiger partial charge in [0.05, 0.1) is 0 Å². The minimum Gasteiger partial charge on any atom is -0.477 e. The number of nitrogens with one attached hydrogen (secondary N) is 1. The standard InChI is InChI=1S/C15H16N2O2/c1-2-3-6-9-16-14-12-8-5-4-7-11(12)10-13(17-14)15(18)19/h2-5,7-8,10H,6,9H2,1H3,(H,16,17)(H,18,19)/b3-2+. The first-order valence-electron chi connectivity index (χ1n) is 6.20. The maximum absolute atomic E-state index is 11.1. The van der Waals surface area contributed by atoms with E-state index in [9.17, 15) is 4.79 Å². The van der Waals surface area contributed by atoms with Gasteiger partial charge in [-0.15, -0.1) is 0 Å². The van der Waals surface area contributed by atoms with Crippen LogP contribution in [0.4, 0.5) is 5.82 Å². The zero-order valence-electron chi connectivity index (χ0n) is 10.8. The third-order valence-corrected chi connectivity index (χ3v) is 2.80. The van der Waals surface area contributed by atoms with Crippen LogP contribution in [0, 0.1) is 0 Å². The molecule has 0 aliphatic carbocycles. The highest BCUT2D eigenvalue weighted by molar-refractivity contribution is 5.97. The van der Waals surface area contributed by atoms with Gasteiger partial charge in [0.1, 0.15) is 5.82 Å². The molecule has 2 N–H and O–H groups in total. The van der Waals surface area contributed by atoms with E-state index in [1.165, 1.54) is 0 Å². The van der Waals surface area contributed by atoms with Gasteiger partial charge in [-0.25, -0.2) is 9.78 Å². The summed E-state index contributed by atoms with van der Waals surface area (Å²) < 4.78 is 0. The van der Waals surface area contributed by atoms with Gasteiger partial charge in [0.25, 0.3) is 0 Å². The number of nitrogens with zero attached hydrogens (tertiary/aromatic N) is 1. The Hall–Kier alpha value is -2.36. The van der Waals surface area contributed by atoms with E-state index >= 15 is 0 Å². The van der Waals surface area contributed by atoms with E-state index in [1.807, 2.05) is 37.3 Å². The first kappa shape index (κ1) is 13.1. The molecular formula is C15H16N2O2. The van der Waals surface area contributed by atoms with Gasteiger partial charge in [-0.2, -0.15) is 0 Å². The van der Waals surface area contributed by atoms with Crippen LogP contribution in [0.1, 0.15) is 23.8 Å². The molecule has 0 saturated carbocycles. The molecule has 2 aromatic rings. The molecule has 4 heteroatoms. The van der Waals surface area contributed by atoms with E-state index in [1.54, 1.807) is 6.07 Å². The smallest absolute Gasteiger partial charge is 0.354 e. The minimum absolute atomic E-state index is 0.0623. The van der Waals surface area contributed by atoms with Gasteiger partial charge in [-0.05, 0) is 24.8 Å². The quantitative estimate of drug-likeness (QED) is 0.636. The van der Waals surface area contributed by atoms with Crippen LogP contribution in [0.3, 0.4) is 0 Å². The number of carboxylic acids is 1. The van der Waals surface area contributed by atoms with E-state index in [0.717, 1.165) is 23.7 Å². The van der Waals surface area contributed by atoms with Crippen LogP contribution in [0.25, 0.3) is 10.8 Å². The highest BCUT2D eigenvalue weighted by atomic mass is 16.4. The van der Waals surface area contributed by atoms with Crippen LogP contribution in [0.2, 0.25) is 0 Å². The summed E-state index contributed by atoms with van der Waals surface area (Å²) >= 11 is 0. The van der Waals surface area contributed by atoms with Crippen molar-refractivity contribution < 1.29 is 9.90 Å². The molecule has 0 radical (unpaired) electrons. The lowest BCUT2D eigenvalue weighted by Crippen LogP contribution is -2.07. The van der Waals surface area contributed by atoms with E-state index in [0.29, 0.717) is 5.82 Å². The van der Waals surface area contributed by atoms with Crippen molar-refractivity contribution in [3.63, 3.8) is 0 Å². The number of carbonyl (C=O) groups is 1. The minimum atomic E-state index is -1.01. The number of aromatic nitrogens is 1.